The van der Waals surface area contributed by atoms with Crippen LogP contribution >= 0.6 is 23.7 Å². The fraction of sp³-hybridized carbons (Fsp3) is 0.333. The average Bonchev–Trinajstić information content (AvgIpc) is 3.00. The van der Waals surface area contributed by atoms with E-state index >= 15 is 0 Å². The topological polar surface area (TPSA) is 45.2 Å². The SMILES string of the molecule is Cl.O=C(Nc1ccc(F)cc1)c1csc(N2CCCCC2)n1. The number of thiazole rings is 1. The summed E-state index contributed by atoms with van der Waals surface area (Å²) in [5.74, 6) is -0.588. The number of anilines is 2. The van der Waals surface area contributed by atoms with Crippen LogP contribution in [-0.2, 0) is 0 Å². The highest BCUT2D eigenvalue weighted by molar-refractivity contribution is 7.14. The second kappa shape index (κ2) is 7.56. The van der Waals surface area contributed by atoms with Gasteiger partial charge >= 0.3 is 0 Å². The second-order valence-electron chi connectivity index (χ2n) is 5.02. The van der Waals surface area contributed by atoms with Crippen molar-refractivity contribution in [2.75, 3.05) is 23.3 Å². The van der Waals surface area contributed by atoms with E-state index in [2.05, 4.69) is 15.2 Å². The van der Waals surface area contributed by atoms with Crippen molar-refractivity contribution < 1.29 is 9.18 Å². The number of nitrogens with zero attached hydrogens (tertiary/aromatic N) is 2. The number of aromatic nitrogens is 1. The Labute approximate surface area is 138 Å². The number of benzene rings is 1. The molecule has 1 N–H and O–H groups in total. The number of nitrogens with one attached hydrogen (secondary N) is 1. The summed E-state index contributed by atoms with van der Waals surface area (Å²) in [5.41, 5.74) is 0.971. The molecule has 118 valence electrons. The summed E-state index contributed by atoms with van der Waals surface area (Å²) in [6, 6.07) is 5.70. The van der Waals surface area contributed by atoms with Gasteiger partial charge in [-0.3, -0.25) is 4.79 Å². The van der Waals surface area contributed by atoms with Crippen LogP contribution in [0.2, 0.25) is 0 Å². The van der Waals surface area contributed by atoms with E-state index in [9.17, 15) is 9.18 Å². The number of carbonyl (C=O) groups excluding carboxylic acids is 1. The Bertz CT molecular complexity index is 626. The molecule has 0 radical (unpaired) electrons. The van der Waals surface area contributed by atoms with Gasteiger partial charge in [0.15, 0.2) is 5.13 Å². The van der Waals surface area contributed by atoms with Gasteiger partial charge in [-0.05, 0) is 43.5 Å². The predicted molar refractivity (Wildman–Crippen MR) is 89.8 cm³/mol. The van der Waals surface area contributed by atoms with Crippen molar-refractivity contribution in [1.29, 1.82) is 0 Å². The normalized spacial score (nSPS) is 14.3. The molecular weight excluding hydrogens is 325 g/mol. The lowest BCUT2D eigenvalue weighted by Crippen LogP contribution is -2.29. The summed E-state index contributed by atoms with van der Waals surface area (Å²) >= 11 is 1.49. The summed E-state index contributed by atoms with van der Waals surface area (Å²) in [6.07, 6.45) is 3.62. The third kappa shape index (κ3) is 3.96. The smallest absolute Gasteiger partial charge is 0.275 e. The molecule has 0 bridgehead atoms. The van der Waals surface area contributed by atoms with Crippen LogP contribution in [-0.4, -0.2) is 24.0 Å². The second-order valence-corrected chi connectivity index (χ2v) is 5.86. The van der Waals surface area contributed by atoms with Crippen LogP contribution in [0.3, 0.4) is 0 Å². The molecule has 0 aliphatic carbocycles. The van der Waals surface area contributed by atoms with Gasteiger partial charge in [-0.2, -0.15) is 0 Å². The van der Waals surface area contributed by atoms with Crippen LogP contribution in [0, 0.1) is 5.82 Å². The molecule has 1 saturated heterocycles. The van der Waals surface area contributed by atoms with Crippen molar-refractivity contribution in [3.8, 4) is 0 Å². The minimum atomic E-state index is -0.325. The molecule has 4 nitrogen and oxygen atoms in total. The zero-order chi connectivity index (χ0) is 14.7. The lowest BCUT2D eigenvalue weighted by molar-refractivity contribution is 0.102. The van der Waals surface area contributed by atoms with Crippen LogP contribution in [0.4, 0.5) is 15.2 Å². The molecule has 1 aliphatic heterocycles. The Morgan fingerprint density at radius 3 is 2.55 bits per heavy atom. The average molecular weight is 342 g/mol. The van der Waals surface area contributed by atoms with Crippen LogP contribution in [0.1, 0.15) is 29.8 Å². The number of halogens is 2. The van der Waals surface area contributed by atoms with E-state index in [-0.39, 0.29) is 24.1 Å². The van der Waals surface area contributed by atoms with Gasteiger partial charge in [0.1, 0.15) is 11.5 Å². The van der Waals surface area contributed by atoms with Gasteiger partial charge in [-0.15, -0.1) is 23.7 Å². The van der Waals surface area contributed by atoms with Gasteiger partial charge in [0, 0.05) is 24.2 Å². The number of carbonyl (C=O) groups is 1. The van der Waals surface area contributed by atoms with Crippen LogP contribution in [0.25, 0.3) is 0 Å². The van der Waals surface area contributed by atoms with Crippen molar-refractivity contribution >= 4 is 40.5 Å². The summed E-state index contributed by atoms with van der Waals surface area (Å²) in [7, 11) is 0. The Hall–Kier alpha value is -1.66. The molecule has 2 heterocycles. The van der Waals surface area contributed by atoms with Gasteiger partial charge < -0.3 is 10.2 Å². The number of hydrogen-bond acceptors (Lipinski definition) is 4. The zero-order valence-electron chi connectivity index (χ0n) is 11.9. The molecule has 1 aromatic carbocycles. The van der Waals surface area contributed by atoms with E-state index in [0.717, 1.165) is 18.2 Å². The van der Waals surface area contributed by atoms with Crippen molar-refractivity contribution in [2.45, 2.75) is 19.3 Å². The Kier molecular flexibility index (Phi) is 5.74. The third-order valence-electron chi connectivity index (χ3n) is 3.45. The Balaban J connectivity index is 0.00000176. The number of hydrogen-bond donors (Lipinski definition) is 1. The van der Waals surface area contributed by atoms with Gasteiger partial charge in [0.25, 0.3) is 5.91 Å². The fourth-order valence-electron chi connectivity index (χ4n) is 2.33. The first-order valence-electron chi connectivity index (χ1n) is 7.00. The molecule has 1 amide bonds. The molecular formula is C15H17ClFN3OS. The Morgan fingerprint density at radius 1 is 1.18 bits per heavy atom. The van der Waals surface area contributed by atoms with Crippen molar-refractivity contribution in [3.63, 3.8) is 0 Å². The molecule has 3 rings (SSSR count). The van der Waals surface area contributed by atoms with Crippen molar-refractivity contribution in [3.05, 3.63) is 41.2 Å². The lowest BCUT2D eigenvalue weighted by atomic mass is 10.1. The molecule has 1 aromatic heterocycles. The molecule has 1 aliphatic rings. The summed E-state index contributed by atoms with van der Waals surface area (Å²) in [6.45, 7) is 2.01. The maximum absolute atomic E-state index is 12.8. The van der Waals surface area contributed by atoms with E-state index in [0.29, 0.717) is 11.4 Å². The van der Waals surface area contributed by atoms with Crippen LogP contribution in [0.5, 0.6) is 0 Å². The largest absolute Gasteiger partial charge is 0.348 e. The van der Waals surface area contributed by atoms with E-state index < -0.39 is 0 Å². The van der Waals surface area contributed by atoms with E-state index in [1.807, 2.05) is 0 Å². The highest BCUT2D eigenvalue weighted by Gasteiger charge is 2.17. The van der Waals surface area contributed by atoms with Gasteiger partial charge in [-0.1, -0.05) is 0 Å². The highest BCUT2D eigenvalue weighted by Crippen LogP contribution is 2.24. The molecule has 0 unspecified atom stereocenters. The monoisotopic (exact) mass is 341 g/mol. The van der Waals surface area contributed by atoms with E-state index in [1.165, 1.54) is 54.9 Å². The van der Waals surface area contributed by atoms with Gasteiger partial charge in [0.05, 0.1) is 0 Å². The molecule has 0 spiro atoms. The van der Waals surface area contributed by atoms with E-state index in [4.69, 9.17) is 0 Å². The maximum atomic E-state index is 12.8. The van der Waals surface area contributed by atoms with Crippen LogP contribution < -0.4 is 10.2 Å². The summed E-state index contributed by atoms with van der Waals surface area (Å²) in [4.78, 5) is 18.7. The molecule has 2 aromatic rings. The summed E-state index contributed by atoms with van der Waals surface area (Å²) < 4.78 is 12.8. The summed E-state index contributed by atoms with van der Waals surface area (Å²) in [5, 5.41) is 5.39. The minimum absolute atomic E-state index is 0. The van der Waals surface area contributed by atoms with Crippen LogP contribution in [0.15, 0.2) is 29.6 Å². The molecule has 22 heavy (non-hydrogen) atoms. The van der Waals surface area contributed by atoms with Crippen molar-refractivity contribution in [1.82, 2.24) is 4.98 Å². The van der Waals surface area contributed by atoms with E-state index in [1.54, 1.807) is 5.38 Å². The minimum Gasteiger partial charge on any atom is -0.348 e. The van der Waals surface area contributed by atoms with Gasteiger partial charge in [0.2, 0.25) is 0 Å². The molecule has 0 saturated carbocycles. The highest BCUT2D eigenvalue weighted by atomic mass is 35.5. The lowest BCUT2D eigenvalue weighted by Gasteiger charge is -2.25. The molecule has 0 atom stereocenters. The quantitative estimate of drug-likeness (QED) is 0.919. The molecule has 1 fully saturated rings. The fourth-order valence-corrected chi connectivity index (χ4v) is 3.19. The number of amides is 1. The number of piperidine rings is 1. The first-order valence-corrected chi connectivity index (χ1v) is 7.88. The first-order chi connectivity index (χ1) is 10.2. The predicted octanol–water partition coefficient (Wildman–Crippen LogP) is 3.95. The Morgan fingerprint density at radius 2 is 1.86 bits per heavy atom. The maximum Gasteiger partial charge on any atom is 0.275 e. The molecule has 7 heteroatoms. The zero-order valence-corrected chi connectivity index (χ0v) is 13.6. The van der Waals surface area contributed by atoms with Gasteiger partial charge in [-0.25, -0.2) is 9.37 Å². The first kappa shape index (κ1) is 16.7. The van der Waals surface area contributed by atoms with Crippen molar-refractivity contribution in [2.24, 2.45) is 0 Å². The number of rotatable bonds is 3. The standard InChI is InChI=1S/C15H16FN3OS.ClH/c16-11-4-6-12(7-5-11)17-14(20)13-10-21-15(18-13)19-8-2-1-3-9-19;/h4-7,10H,1-3,8-9H2,(H,17,20);1H. The third-order valence-corrected chi connectivity index (χ3v) is 4.35.